The van der Waals surface area contributed by atoms with E-state index in [2.05, 4.69) is 10.4 Å². The van der Waals surface area contributed by atoms with Crippen molar-refractivity contribution in [3.63, 3.8) is 0 Å². The number of nitriles is 1. The van der Waals surface area contributed by atoms with Gasteiger partial charge in [0.2, 0.25) is 10.0 Å². The molecular weight excluding hydrogens is 414 g/mol. The van der Waals surface area contributed by atoms with Gasteiger partial charge in [-0.1, -0.05) is 12.5 Å². The molecule has 1 N–H and O–H groups in total. The average Bonchev–Trinajstić information content (AvgIpc) is 3.05. The van der Waals surface area contributed by atoms with E-state index >= 15 is 0 Å². The van der Waals surface area contributed by atoms with E-state index < -0.39 is 15.9 Å². The molecule has 1 saturated heterocycles. The first kappa shape index (κ1) is 22.7. The maximum atomic E-state index is 12.9. The van der Waals surface area contributed by atoms with Crippen LogP contribution < -0.4 is 5.32 Å². The zero-order chi connectivity index (χ0) is 22.6. The predicted molar refractivity (Wildman–Crippen MR) is 119 cm³/mol. The maximum absolute atomic E-state index is 12.9. The van der Waals surface area contributed by atoms with Gasteiger partial charge in [0.05, 0.1) is 10.6 Å². The van der Waals surface area contributed by atoms with Gasteiger partial charge < -0.3 is 5.32 Å². The lowest BCUT2D eigenvalue weighted by Crippen LogP contribution is -2.35. The van der Waals surface area contributed by atoms with Crippen molar-refractivity contribution in [2.24, 2.45) is 0 Å². The summed E-state index contributed by atoms with van der Waals surface area (Å²) in [5.41, 5.74) is 2.58. The number of sulfonamides is 1. The van der Waals surface area contributed by atoms with Gasteiger partial charge in [-0.25, -0.2) is 8.42 Å². The summed E-state index contributed by atoms with van der Waals surface area (Å²) in [6, 6.07) is 8.08. The number of carbonyl (C=O) groups excluding carboxylic acids is 1. The second-order valence-electron chi connectivity index (χ2n) is 7.52. The van der Waals surface area contributed by atoms with Gasteiger partial charge in [0, 0.05) is 36.6 Å². The molecule has 8 nitrogen and oxygen atoms in total. The summed E-state index contributed by atoms with van der Waals surface area (Å²) in [5.74, 6) is -0.599. The first-order valence-corrected chi connectivity index (χ1v) is 11.8. The van der Waals surface area contributed by atoms with Crippen LogP contribution in [0.4, 0.5) is 5.69 Å². The Morgan fingerprint density at radius 2 is 1.97 bits per heavy atom. The number of benzene rings is 1. The third-order valence-electron chi connectivity index (χ3n) is 5.44. The van der Waals surface area contributed by atoms with E-state index in [1.165, 1.54) is 22.5 Å². The molecule has 1 aromatic carbocycles. The summed E-state index contributed by atoms with van der Waals surface area (Å²) in [7, 11) is -3.61. The molecule has 0 aliphatic carbocycles. The number of nitrogens with zero attached hydrogens (tertiary/aromatic N) is 4. The number of carbonyl (C=O) groups is 1. The molecule has 9 heteroatoms. The van der Waals surface area contributed by atoms with Crippen LogP contribution >= 0.6 is 0 Å². The molecule has 2 aromatic rings. The largest absolute Gasteiger partial charge is 0.321 e. The van der Waals surface area contributed by atoms with Gasteiger partial charge >= 0.3 is 0 Å². The molecule has 0 bridgehead atoms. The maximum Gasteiger partial charge on any atom is 0.266 e. The SMILES string of the molecule is CCn1nc(C)c(/C=C(/C#N)C(=O)Nc2cccc(S(=O)(=O)N3CCCCC3)c2)c1C. The molecule has 3 rings (SSSR count). The van der Waals surface area contributed by atoms with E-state index in [0.717, 1.165) is 36.2 Å². The fourth-order valence-corrected chi connectivity index (χ4v) is 5.27. The zero-order valence-corrected chi connectivity index (χ0v) is 18.9. The topological polar surface area (TPSA) is 108 Å². The van der Waals surface area contributed by atoms with E-state index in [4.69, 9.17) is 0 Å². The number of aromatic nitrogens is 2. The van der Waals surface area contributed by atoms with Crippen LogP contribution in [0.25, 0.3) is 6.08 Å². The minimum atomic E-state index is -3.61. The molecule has 31 heavy (non-hydrogen) atoms. The number of hydrogen-bond donors (Lipinski definition) is 1. The fourth-order valence-electron chi connectivity index (χ4n) is 3.71. The highest BCUT2D eigenvalue weighted by atomic mass is 32.2. The van der Waals surface area contributed by atoms with Gasteiger partial charge in [0.25, 0.3) is 5.91 Å². The smallest absolute Gasteiger partial charge is 0.266 e. The fraction of sp³-hybridized carbons (Fsp3) is 0.409. The second-order valence-corrected chi connectivity index (χ2v) is 9.45. The molecule has 0 unspecified atom stereocenters. The van der Waals surface area contributed by atoms with Crippen LogP contribution in [-0.4, -0.2) is 41.5 Å². The monoisotopic (exact) mass is 441 g/mol. The van der Waals surface area contributed by atoms with E-state index in [-0.39, 0.29) is 10.5 Å². The molecule has 1 amide bonds. The first-order valence-electron chi connectivity index (χ1n) is 10.3. The van der Waals surface area contributed by atoms with Crippen molar-refractivity contribution < 1.29 is 13.2 Å². The quantitative estimate of drug-likeness (QED) is 0.547. The number of nitrogens with one attached hydrogen (secondary N) is 1. The van der Waals surface area contributed by atoms with Crippen molar-refractivity contribution in [1.29, 1.82) is 5.26 Å². The summed E-state index contributed by atoms with van der Waals surface area (Å²) < 4.78 is 29.1. The van der Waals surface area contributed by atoms with Gasteiger partial charge in [0.1, 0.15) is 11.6 Å². The molecule has 1 fully saturated rings. The highest BCUT2D eigenvalue weighted by Gasteiger charge is 2.26. The number of rotatable bonds is 6. The van der Waals surface area contributed by atoms with E-state index in [9.17, 15) is 18.5 Å². The molecule has 0 spiro atoms. The van der Waals surface area contributed by atoms with Crippen LogP contribution in [0, 0.1) is 25.2 Å². The van der Waals surface area contributed by atoms with Crippen LogP contribution in [0.5, 0.6) is 0 Å². The van der Waals surface area contributed by atoms with Crippen LogP contribution in [0.15, 0.2) is 34.7 Å². The molecule has 2 heterocycles. The Morgan fingerprint density at radius 1 is 1.26 bits per heavy atom. The van der Waals surface area contributed by atoms with Gasteiger partial charge in [0.15, 0.2) is 0 Å². The Balaban J connectivity index is 1.84. The highest BCUT2D eigenvalue weighted by Crippen LogP contribution is 2.23. The minimum absolute atomic E-state index is 0.0776. The van der Waals surface area contributed by atoms with Crippen molar-refractivity contribution in [2.45, 2.75) is 51.5 Å². The molecule has 0 radical (unpaired) electrons. The van der Waals surface area contributed by atoms with Gasteiger partial charge in [-0.2, -0.15) is 14.7 Å². The molecule has 1 aromatic heterocycles. The second kappa shape index (κ2) is 9.45. The Bertz CT molecular complexity index is 1150. The van der Waals surface area contributed by atoms with Crippen molar-refractivity contribution in [3.05, 3.63) is 46.8 Å². The normalized spacial score (nSPS) is 15.5. The molecule has 0 saturated carbocycles. The van der Waals surface area contributed by atoms with Crippen LogP contribution in [0.1, 0.15) is 43.1 Å². The average molecular weight is 442 g/mol. The van der Waals surface area contributed by atoms with E-state index in [1.54, 1.807) is 12.1 Å². The molecule has 1 aliphatic rings. The number of piperidine rings is 1. The highest BCUT2D eigenvalue weighted by molar-refractivity contribution is 7.89. The van der Waals surface area contributed by atoms with Gasteiger partial charge in [-0.15, -0.1) is 0 Å². The Morgan fingerprint density at radius 3 is 2.58 bits per heavy atom. The summed E-state index contributed by atoms with van der Waals surface area (Å²) >= 11 is 0. The number of anilines is 1. The molecule has 1 aliphatic heterocycles. The molecule has 164 valence electrons. The summed E-state index contributed by atoms with van der Waals surface area (Å²) in [5, 5.41) is 16.6. The Labute approximate surface area is 183 Å². The molecular formula is C22H27N5O3S. The lowest BCUT2D eigenvalue weighted by Gasteiger charge is -2.26. The number of hydrogen-bond acceptors (Lipinski definition) is 5. The van der Waals surface area contributed by atoms with Crippen LogP contribution in [0.3, 0.4) is 0 Å². The van der Waals surface area contributed by atoms with Gasteiger partial charge in [-0.05, 0) is 57.9 Å². The standard InChI is InChI=1S/C22H27N5O3S/c1-4-27-17(3)21(16(2)25-27)13-18(15-23)22(28)24-19-9-8-10-20(14-19)31(29,30)26-11-6-5-7-12-26/h8-10,13-14H,4-7,11-12H2,1-3H3,(H,24,28)/b18-13-. The molecule has 0 atom stereocenters. The van der Waals surface area contributed by atoms with Crippen molar-refractivity contribution >= 4 is 27.7 Å². The van der Waals surface area contributed by atoms with E-state index in [1.807, 2.05) is 31.5 Å². The minimum Gasteiger partial charge on any atom is -0.321 e. The zero-order valence-electron chi connectivity index (χ0n) is 18.1. The Hall–Kier alpha value is -2.96. The van der Waals surface area contributed by atoms with Crippen molar-refractivity contribution in [1.82, 2.24) is 14.1 Å². The predicted octanol–water partition coefficient (Wildman–Crippen LogP) is 3.24. The Kier molecular flexibility index (Phi) is 6.93. The lowest BCUT2D eigenvalue weighted by atomic mass is 10.1. The summed E-state index contributed by atoms with van der Waals surface area (Å²) in [6.07, 6.45) is 4.24. The van der Waals surface area contributed by atoms with Gasteiger partial charge in [-0.3, -0.25) is 9.48 Å². The van der Waals surface area contributed by atoms with Crippen LogP contribution in [-0.2, 0) is 21.4 Å². The van der Waals surface area contributed by atoms with E-state index in [0.29, 0.717) is 25.3 Å². The summed E-state index contributed by atoms with van der Waals surface area (Å²) in [4.78, 5) is 12.9. The first-order chi connectivity index (χ1) is 14.8. The van der Waals surface area contributed by atoms with Crippen molar-refractivity contribution in [3.8, 4) is 6.07 Å². The number of amides is 1. The van der Waals surface area contributed by atoms with Crippen LogP contribution in [0.2, 0.25) is 0 Å². The van der Waals surface area contributed by atoms with Crippen molar-refractivity contribution in [2.75, 3.05) is 18.4 Å². The third-order valence-corrected chi connectivity index (χ3v) is 7.33. The summed E-state index contributed by atoms with van der Waals surface area (Å²) in [6.45, 7) is 7.38. The third kappa shape index (κ3) is 4.86. The number of aryl methyl sites for hydroxylation is 2. The lowest BCUT2D eigenvalue weighted by molar-refractivity contribution is -0.112.